The van der Waals surface area contributed by atoms with Gasteiger partial charge in [0.25, 0.3) is 10.2 Å². The van der Waals surface area contributed by atoms with E-state index in [1.807, 2.05) is 31.2 Å². The molecule has 0 fully saturated rings. The van der Waals surface area contributed by atoms with Crippen LogP contribution in [0.1, 0.15) is 11.1 Å². The van der Waals surface area contributed by atoms with Crippen LogP contribution in [0, 0.1) is 6.92 Å². The van der Waals surface area contributed by atoms with Crippen LogP contribution in [0.2, 0.25) is 0 Å². The summed E-state index contributed by atoms with van der Waals surface area (Å²) in [7, 11) is -4.17. The molecule has 0 bridgehead atoms. The van der Waals surface area contributed by atoms with Gasteiger partial charge in [0.1, 0.15) is 0 Å². The Morgan fingerprint density at radius 3 is 2.27 bits per heavy atom. The van der Waals surface area contributed by atoms with Crippen LogP contribution in [0.3, 0.4) is 0 Å². The van der Waals surface area contributed by atoms with Crippen LogP contribution >= 0.6 is 0 Å². The molecule has 0 spiro atoms. The molecule has 1 rings (SSSR count). The number of hydrogen-bond donors (Lipinski definition) is 1. The van der Waals surface area contributed by atoms with Gasteiger partial charge in [-0.05, 0) is 12.5 Å². The molecule has 0 atom stereocenters. The molecule has 0 saturated carbocycles. The lowest BCUT2D eigenvalue weighted by Crippen LogP contribution is -2.41. The van der Waals surface area contributed by atoms with E-state index in [2.05, 4.69) is 4.72 Å². The Balaban J connectivity index is 2.75. The minimum Gasteiger partial charge on any atom is -0.212 e. The fourth-order valence-corrected chi connectivity index (χ4v) is 3.22. The van der Waals surface area contributed by atoms with Crippen LogP contribution in [0.5, 0.6) is 0 Å². The van der Waals surface area contributed by atoms with Crippen LogP contribution < -0.4 is 4.72 Å². The summed E-state index contributed by atoms with van der Waals surface area (Å²) >= 11 is 0. The van der Waals surface area contributed by atoms with Gasteiger partial charge in [0.2, 0.25) is 10.0 Å². The van der Waals surface area contributed by atoms with Crippen LogP contribution in [-0.4, -0.2) is 58.9 Å². The third kappa shape index (κ3) is 6.01. The predicted molar refractivity (Wildman–Crippen MR) is 87.0 cm³/mol. The van der Waals surface area contributed by atoms with E-state index in [9.17, 15) is 16.8 Å². The van der Waals surface area contributed by atoms with E-state index in [-0.39, 0.29) is 19.6 Å². The summed E-state index contributed by atoms with van der Waals surface area (Å²) in [5.41, 5.74) is 1.90. The molecule has 0 aliphatic heterocycles. The maximum Gasteiger partial charge on any atom is 0.278 e. The lowest BCUT2D eigenvalue weighted by molar-refractivity contribution is 0.409. The molecule has 0 radical (unpaired) electrons. The summed E-state index contributed by atoms with van der Waals surface area (Å²) < 4.78 is 51.6. The first-order valence-corrected chi connectivity index (χ1v) is 9.99. The number of aryl methyl sites for hydroxylation is 1. The van der Waals surface area contributed by atoms with Crippen molar-refractivity contribution in [3.8, 4) is 0 Å². The Morgan fingerprint density at radius 2 is 1.77 bits per heavy atom. The van der Waals surface area contributed by atoms with Gasteiger partial charge in [0.15, 0.2) is 0 Å². The first kappa shape index (κ1) is 19.0. The molecule has 9 heteroatoms. The smallest absolute Gasteiger partial charge is 0.212 e. The molecule has 0 heterocycles. The van der Waals surface area contributed by atoms with Crippen molar-refractivity contribution in [3.05, 3.63) is 35.4 Å². The average molecular weight is 349 g/mol. The van der Waals surface area contributed by atoms with E-state index < -0.39 is 20.2 Å². The van der Waals surface area contributed by atoms with E-state index >= 15 is 0 Å². The number of nitrogens with one attached hydrogen (secondary N) is 1. The number of benzene rings is 1. The van der Waals surface area contributed by atoms with E-state index in [1.165, 1.54) is 18.4 Å². The predicted octanol–water partition coefficient (Wildman–Crippen LogP) is 0.153. The van der Waals surface area contributed by atoms with Gasteiger partial charge < -0.3 is 0 Å². The Morgan fingerprint density at radius 1 is 1.14 bits per heavy atom. The number of nitrogens with zero attached hydrogens (tertiary/aromatic N) is 2. The highest BCUT2D eigenvalue weighted by atomic mass is 32.2. The van der Waals surface area contributed by atoms with Crippen molar-refractivity contribution >= 4 is 20.2 Å². The van der Waals surface area contributed by atoms with Gasteiger partial charge in [-0.2, -0.15) is 17.0 Å². The van der Waals surface area contributed by atoms with Crippen LogP contribution in [0.15, 0.2) is 24.3 Å². The molecule has 126 valence electrons. The average Bonchev–Trinajstić information content (AvgIpc) is 2.36. The van der Waals surface area contributed by atoms with Crippen LogP contribution in [-0.2, 0) is 26.8 Å². The first-order valence-electron chi connectivity index (χ1n) is 6.70. The molecule has 22 heavy (non-hydrogen) atoms. The maximum atomic E-state index is 11.8. The monoisotopic (exact) mass is 349 g/mol. The van der Waals surface area contributed by atoms with Crippen molar-refractivity contribution < 1.29 is 16.8 Å². The zero-order valence-electron chi connectivity index (χ0n) is 13.3. The molecule has 0 aliphatic carbocycles. The first-order chi connectivity index (χ1) is 10.0. The SMILES string of the molecule is Cc1cccc(CN(CCNS(=O)(=O)N(C)C)S(C)(=O)=O)c1. The minimum absolute atomic E-state index is 0.0133. The van der Waals surface area contributed by atoms with Crippen molar-refractivity contribution in [1.29, 1.82) is 0 Å². The summed E-state index contributed by atoms with van der Waals surface area (Å²) in [5.74, 6) is 0. The zero-order valence-corrected chi connectivity index (χ0v) is 14.9. The molecular weight excluding hydrogens is 326 g/mol. The molecule has 7 nitrogen and oxygen atoms in total. The highest BCUT2D eigenvalue weighted by molar-refractivity contribution is 7.88. The van der Waals surface area contributed by atoms with Gasteiger partial charge in [-0.25, -0.2) is 13.1 Å². The van der Waals surface area contributed by atoms with Crippen molar-refractivity contribution in [2.24, 2.45) is 0 Å². The topological polar surface area (TPSA) is 86.8 Å². The van der Waals surface area contributed by atoms with Crippen molar-refractivity contribution in [2.75, 3.05) is 33.4 Å². The maximum absolute atomic E-state index is 11.8. The van der Waals surface area contributed by atoms with Crippen molar-refractivity contribution in [3.63, 3.8) is 0 Å². The molecule has 1 aromatic rings. The highest BCUT2D eigenvalue weighted by Crippen LogP contribution is 2.10. The fraction of sp³-hybridized carbons (Fsp3) is 0.538. The van der Waals surface area contributed by atoms with Crippen LogP contribution in [0.4, 0.5) is 0 Å². The Labute approximate surface area is 133 Å². The molecular formula is C13H23N3O4S2. The van der Waals surface area contributed by atoms with Gasteiger partial charge >= 0.3 is 0 Å². The third-order valence-electron chi connectivity index (χ3n) is 3.04. The quantitative estimate of drug-likeness (QED) is 0.724. The van der Waals surface area contributed by atoms with Gasteiger partial charge in [-0.15, -0.1) is 0 Å². The second-order valence-electron chi connectivity index (χ2n) is 5.27. The second-order valence-corrected chi connectivity index (χ2v) is 9.22. The van der Waals surface area contributed by atoms with E-state index in [1.54, 1.807) is 0 Å². The summed E-state index contributed by atoms with van der Waals surface area (Å²) in [6, 6.07) is 7.54. The van der Waals surface area contributed by atoms with Crippen molar-refractivity contribution in [1.82, 2.24) is 13.3 Å². The van der Waals surface area contributed by atoms with Gasteiger partial charge in [-0.3, -0.25) is 0 Å². The number of sulfonamides is 1. The molecule has 0 amide bonds. The van der Waals surface area contributed by atoms with Gasteiger partial charge in [0.05, 0.1) is 6.26 Å². The molecule has 1 N–H and O–H groups in total. The lowest BCUT2D eigenvalue weighted by atomic mass is 10.1. The second kappa shape index (κ2) is 7.51. The van der Waals surface area contributed by atoms with Gasteiger partial charge in [-0.1, -0.05) is 29.8 Å². The largest absolute Gasteiger partial charge is 0.278 e. The number of rotatable bonds is 8. The minimum atomic E-state index is -3.56. The third-order valence-corrected chi connectivity index (χ3v) is 5.82. The van der Waals surface area contributed by atoms with Gasteiger partial charge in [0, 0.05) is 33.7 Å². The standard InChI is InChI=1S/C13H23N3O4S2/c1-12-6-5-7-13(10-12)11-16(21(4,17)18)9-8-14-22(19,20)15(2)3/h5-7,10,14H,8-9,11H2,1-4H3. The normalized spacial score (nSPS) is 13.0. The van der Waals surface area contributed by atoms with Crippen LogP contribution in [0.25, 0.3) is 0 Å². The van der Waals surface area contributed by atoms with E-state index in [0.29, 0.717) is 0 Å². The molecule has 0 aliphatic rings. The van der Waals surface area contributed by atoms with Crippen molar-refractivity contribution in [2.45, 2.75) is 13.5 Å². The number of hydrogen-bond acceptors (Lipinski definition) is 4. The molecule has 0 unspecified atom stereocenters. The molecule has 1 aromatic carbocycles. The zero-order chi connectivity index (χ0) is 17.0. The Hall–Kier alpha value is -1.00. The molecule has 0 saturated heterocycles. The highest BCUT2D eigenvalue weighted by Gasteiger charge is 2.19. The molecule has 0 aromatic heterocycles. The Kier molecular flexibility index (Phi) is 6.50. The lowest BCUT2D eigenvalue weighted by Gasteiger charge is -2.21. The fourth-order valence-electron chi connectivity index (χ4n) is 1.80. The Bertz CT molecular complexity index is 700. The summed E-state index contributed by atoms with van der Waals surface area (Å²) in [6.07, 6.45) is 1.11. The summed E-state index contributed by atoms with van der Waals surface area (Å²) in [5, 5.41) is 0. The van der Waals surface area contributed by atoms with E-state index in [0.717, 1.165) is 21.7 Å². The van der Waals surface area contributed by atoms with E-state index in [4.69, 9.17) is 0 Å². The summed E-state index contributed by atoms with van der Waals surface area (Å²) in [4.78, 5) is 0. The summed E-state index contributed by atoms with van der Waals surface area (Å²) in [6.45, 7) is 2.23.